The van der Waals surface area contributed by atoms with E-state index >= 15 is 0 Å². The number of hydrogen-bond acceptors (Lipinski definition) is 2. The zero-order chi connectivity index (χ0) is 11.8. The van der Waals surface area contributed by atoms with Gasteiger partial charge in [-0.3, -0.25) is 4.98 Å². The van der Waals surface area contributed by atoms with Crippen LogP contribution in [0.1, 0.15) is 44.9 Å². The SMILES string of the molecule is CCCNC(CC)Cc1ccc(CC)cn1. The fourth-order valence-electron chi connectivity index (χ4n) is 1.75. The lowest BCUT2D eigenvalue weighted by molar-refractivity contribution is 0.490. The highest BCUT2D eigenvalue weighted by Gasteiger charge is 2.06. The Bertz CT molecular complexity index is 279. The number of nitrogens with one attached hydrogen (secondary N) is 1. The highest BCUT2D eigenvalue weighted by Crippen LogP contribution is 2.05. The minimum atomic E-state index is 0.569. The zero-order valence-electron chi connectivity index (χ0n) is 10.8. The van der Waals surface area contributed by atoms with E-state index in [9.17, 15) is 0 Å². The van der Waals surface area contributed by atoms with Crippen LogP contribution in [0.15, 0.2) is 18.3 Å². The zero-order valence-corrected chi connectivity index (χ0v) is 10.8. The molecule has 1 rings (SSSR count). The summed E-state index contributed by atoms with van der Waals surface area (Å²) in [4.78, 5) is 4.51. The Balaban J connectivity index is 2.49. The minimum absolute atomic E-state index is 0.569. The predicted octanol–water partition coefficient (Wildman–Crippen LogP) is 2.96. The third-order valence-electron chi connectivity index (χ3n) is 2.93. The molecule has 0 saturated carbocycles. The molecule has 1 aromatic rings. The van der Waals surface area contributed by atoms with Gasteiger partial charge in [0.2, 0.25) is 0 Å². The summed E-state index contributed by atoms with van der Waals surface area (Å²) in [6.45, 7) is 7.70. The standard InChI is InChI=1S/C14H24N2/c1-4-9-15-13(6-3)10-14-8-7-12(5-2)11-16-14/h7-8,11,13,15H,4-6,9-10H2,1-3H3. The van der Waals surface area contributed by atoms with Crippen molar-refractivity contribution >= 4 is 0 Å². The van der Waals surface area contributed by atoms with E-state index in [0.29, 0.717) is 6.04 Å². The first-order chi connectivity index (χ1) is 7.80. The highest BCUT2D eigenvalue weighted by atomic mass is 14.9. The number of pyridine rings is 1. The summed E-state index contributed by atoms with van der Waals surface area (Å²) in [5.41, 5.74) is 2.52. The summed E-state index contributed by atoms with van der Waals surface area (Å²) in [6, 6.07) is 4.92. The summed E-state index contributed by atoms with van der Waals surface area (Å²) in [6.07, 6.45) is 6.47. The van der Waals surface area contributed by atoms with Gasteiger partial charge in [0.25, 0.3) is 0 Å². The Hall–Kier alpha value is -0.890. The quantitative estimate of drug-likeness (QED) is 0.764. The molecule has 90 valence electrons. The first-order valence-corrected chi connectivity index (χ1v) is 6.47. The third-order valence-corrected chi connectivity index (χ3v) is 2.93. The van der Waals surface area contributed by atoms with Crippen LogP contribution >= 0.6 is 0 Å². The van der Waals surface area contributed by atoms with Gasteiger partial charge in [0.1, 0.15) is 0 Å². The van der Waals surface area contributed by atoms with Gasteiger partial charge in [-0.15, -0.1) is 0 Å². The summed E-state index contributed by atoms with van der Waals surface area (Å²) in [7, 11) is 0. The number of hydrogen-bond donors (Lipinski definition) is 1. The second-order valence-electron chi connectivity index (χ2n) is 4.27. The molecule has 0 amide bonds. The van der Waals surface area contributed by atoms with Gasteiger partial charge in [0, 0.05) is 24.4 Å². The van der Waals surface area contributed by atoms with Gasteiger partial charge in [-0.2, -0.15) is 0 Å². The summed E-state index contributed by atoms with van der Waals surface area (Å²) >= 11 is 0. The van der Waals surface area contributed by atoms with Gasteiger partial charge >= 0.3 is 0 Å². The molecule has 1 heterocycles. The van der Waals surface area contributed by atoms with Crippen LogP contribution in [0.25, 0.3) is 0 Å². The molecular weight excluding hydrogens is 196 g/mol. The first-order valence-electron chi connectivity index (χ1n) is 6.47. The van der Waals surface area contributed by atoms with Crippen LogP contribution in [-0.4, -0.2) is 17.6 Å². The number of nitrogens with zero attached hydrogens (tertiary/aromatic N) is 1. The molecule has 0 aliphatic carbocycles. The van der Waals surface area contributed by atoms with Gasteiger partial charge in [0.05, 0.1) is 0 Å². The highest BCUT2D eigenvalue weighted by molar-refractivity contribution is 5.14. The van der Waals surface area contributed by atoms with E-state index in [1.54, 1.807) is 0 Å². The fourth-order valence-corrected chi connectivity index (χ4v) is 1.75. The predicted molar refractivity (Wildman–Crippen MR) is 69.7 cm³/mol. The molecule has 1 unspecified atom stereocenters. The van der Waals surface area contributed by atoms with Crippen molar-refractivity contribution < 1.29 is 0 Å². The lowest BCUT2D eigenvalue weighted by Gasteiger charge is -2.16. The van der Waals surface area contributed by atoms with E-state index in [0.717, 1.165) is 25.8 Å². The van der Waals surface area contributed by atoms with Crippen molar-refractivity contribution in [3.05, 3.63) is 29.6 Å². The van der Waals surface area contributed by atoms with E-state index in [1.165, 1.54) is 17.7 Å². The van der Waals surface area contributed by atoms with Crippen LogP contribution < -0.4 is 5.32 Å². The number of rotatable bonds is 7. The molecule has 1 N–H and O–H groups in total. The Morgan fingerprint density at radius 2 is 2.06 bits per heavy atom. The molecule has 0 aliphatic rings. The monoisotopic (exact) mass is 220 g/mol. The Kier molecular flexibility index (Phi) is 6.09. The molecule has 1 aromatic heterocycles. The topological polar surface area (TPSA) is 24.9 Å². The van der Waals surface area contributed by atoms with Crippen molar-refractivity contribution in [3.8, 4) is 0 Å². The van der Waals surface area contributed by atoms with Gasteiger partial charge in [-0.05, 0) is 37.4 Å². The van der Waals surface area contributed by atoms with Crippen LogP contribution in [-0.2, 0) is 12.8 Å². The van der Waals surface area contributed by atoms with Crippen LogP contribution in [0.3, 0.4) is 0 Å². The summed E-state index contributed by atoms with van der Waals surface area (Å²) in [5.74, 6) is 0. The molecule has 16 heavy (non-hydrogen) atoms. The molecule has 0 aromatic carbocycles. The van der Waals surface area contributed by atoms with Crippen molar-refractivity contribution in [3.63, 3.8) is 0 Å². The molecule has 0 saturated heterocycles. The average molecular weight is 220 g/mol. The molecule has 0 bridgehead atoms. The Morgan fingerprint density at radius 3 is 2.56 bits per heavy atom. The van der Waals surface area contributed by atoms with Crippen LogP contribution in [0.2, 0.25) is 0 Å². The van der Waals surface area contributed by atoms with Crippen LogP contribution in [0, 0.1) is 0 Å². The van der Waals surface area contributed by atoms with Crippen LogP contribution in [0.4, 0.5) is 0 Å². The van der Waals surface area contributed by atoms with Crippen molar-refractivity contribution in [2.24, 2.45) is 0 Å². The number of aryl methyl sites for hydroxylation is 1. The van der Waals surface area contributed by atoms with E-state index in [1.807, 2.05) is 6.20 Å². The summed E-state index contributed by atoms with van der Waals surface area (Å²) in [5, 5.41) is 3.56. The van der Waals surface area contributed by atoms with E-state index in [-0.39, 0.29) is 0 Å². The summed E-state index contributed by atoms with van der Waals surface area (Å²) < 4.78 is 0. The molecule has 0 radical (unpaired) electrons. The second-order valence-corrected chi connectivity index (χ2v) is 4.27. The molecule has 0 aliphatic heterocycles. The van der Waals surface area contributed by atoms with Gasteiger partial charge in [0.15, 0.2) is 0 Å². The third kappa shape index (κ3) is 4.31. The van der Waals surface area contributed by atoms with Crippen molar-refractivity contribution in [1.82, 2.24) is 10.3 Å². The first kappa shape index (κ1) is 13.2. The maximum atomic E-state index is 4.51. The van der Waals surface area contributed by atoms with Gasteiger partial charge < -0.3 is 5.32 Å². The molecule has 2 heteroatoms. The molecule has 2 nitrogen and oxygen atoms in total. The van der Waals surface area contributed by atoms with Crippen LogP contribution in [0.5, 0.6) is 0 Å². The normalized spacial score (nSPS) is 12.7. The average Bonchev–Trinajstić information content (AvgIpc) is 2.35. The Labute approximate surface area is 99.5 Å². The maximum absolute atomic E-state index is 4.51. The van der Waals surface area contributed by atoms with E-state index in [2.05, 4.69) is 43.2 Å². The van der Waals surface area contributed by atoms with Gasteiger partial charge in [-0.1, -0.05) is 26.8 Å². The maximum Gasteiger partial charge on any atom is 0.0419 e. The smallest absolute Gasteiger partial charge is 0.0419 e. The van der Waals surface area contributed by atoms with Crippen molar-refractivity contribution in [2.45, 2.75) is 52.5 Å². The van der Waals surface area contributed by atoms with Gasteiger partial charge in [-0.25, -0.2) is 0 Å². The molecular formula is C14H24N2. The largest absolute Gasteiger partial charge is 0.314 e. The molecule has 1 atom stereocenters. The molecule has 0 fully saturated rings. The second kappa shape index (κ2) is 7.39. The lowest BCUT2D eigenvalue weighted by atomic mass is 10.1. The van der Waals surface area contributed by atoms with E-state index < -0.39 is 0 Å². The lowest BCUT2D eigenvalue weighted by Crippen LogP contribution is -2.31. The Morgan fingerprint density at radius 1 is 1.25 bits per heavy atom. The van der Waals surface area contributed by atoms with Crippen molar-refractivity contribution in [2.75, 3.05) is 6.54 Å². The number of aromatic nitrogens is 1. The minimum Gasteiger partial charge on any atom is -0.314 e. The molecule has 0 spiro atoms. The van der Waals surface area contributed by atoms with E-state index in [4.69, 9.17) is 0 Å². The fraction of sp³-hybridized carbons (Fsp3) is 0.643. The van der Waals surface area contributed by atoms with Crippen molar-refractivity contribution in [1.29, 1.82) is 0 Å².